The van der Waals surface area contributed by atoms with E-state index in [-0.39, 0.29) is 12.0 Å². The second kappa shape index (κ2) is 4.83. The van der Waals surface area contributed by atoms with Gasteiger partial charge in [0.25, 0.3) is 0 Å². The highest BCUT2D eigenvalue weighted by Crippen LogP contribution is 2.18. The van der Waals surface area contributed by atoms with Crippen molar-refractivity contribution in [2.24, 2.45) is 0 Å². The van der Waals surface area contributed by atoms with Crippen LogP contribution in [0.4, 0.5) is 0 Å². The summed E-state index contributed by atoms with van der Waals surface area (Å²) in [6.45, 7) is 1.58. The molecule has 1 atom stereocenters. The molecule has 0 amide bonds. The average molecular weight is 182 g/mol. The van der Waals surface area contributed by atoms with E-state index in [4.69, 9.17) is 5.26 Å². The molecule has 0 N–H and O–H groups in total. The molecule has 0 radical (unpaired) electrons. The van der Waals surface area contributed by atoms with Crippen LogP contribution in [0.3, 0.4) is 0 Å². The lowest BCUT2D eigenvalue weighted by atomic mass is 10.2. The quantitative estimate of drug-likeness (QED) is 0.598. The molecule has 1 saturated heterocycles. The second-order valence-corrected chi connectivity index (χ2v) is 3.13. The SMILES string of the molecule is COC(=O)[C@@H]1CCCN1CCC#N. The maximum absolute atomic E-state index is 11.2. The topological polar surface area (TPSA) is 53.3 Å². The molecule has 1 heterocycles. The van der Waals surface area contributed by atoms with Gasteiger partial charge in [0.2, 0.25) is 0 Å². The Morgan fingerprint density at radius 1 is 1.77 bits per heavy atom. The van der Waals surface area contributed by atoms with Crippen LogP contribution in [0.1, 0.15) is 19.3 Å². The number of hydrogen-bond acceptors (Lipinski definition) is 4. The molecule has 0 aromatic carbocycles. The lowest BCUT2D eigenvalue weighted by Gasteiger charge is -2.20. The predicted octanol–water partition coefficient (Wildman–Crippen LogP) is 0.537. The Balaban J connectivity index is 2.44. The van der Waals surface area contributed by atoms with Crippen LogP contribution in [0.15, 0.2) is 0 Å². The zero-order valence-corrected chi connectivity index (χ0v) is 7.82. The third-order valence-electron chi connectivity index (χ3n) is 2.35. The smallest absolute Gasteiger partial charge is 0.323 e. The van der Waals surface area contributed by atoms with E-state index in [1.807, 2.05) is 4.90 Å². The zero-order chi connectivity index (χ0) is 9.68. The van der Waals surface area contributed by atoms with Crippen molar-refractivity contribution >= 4 is 5.97 Å². The number of nitrogens with zero attached hydrogens (tertiary/aromatic N) is 2. The Hall–Kier alpha value is -1.08. The first-order valence-electron chi connectivity index (χ1n) is 4.48. The van der Waals surface area contributed by atoms with E-state index < -0.39 is 0 Å². The molecular formula is C9H14N2O2. The molecule has 4 nitrogen and oxygen atoms in total. The van der Waals surface area contributed by atoms with Crippen molar-refractivity contribution in [1.29, 1.82) is 5.26 Å². The van der Waals surface area contributed by atoms with E-state index in [2.05, 4.69) is 10.8 Å². The molecule has 0 aromatic rings. The summed E-state index contributed by atoms with van der Waals surface area (Å²) in [4.78, 5) is 13.3. The largest absolute Gasteiger partial charge is 0.468 e. The summed E-state index contributed by atoms with van der Waals surface area (Å²) in [7, 11) is 1.41. The van der Waals surface area contributed by atoms with Gasteiger partial charge in [0.15, 0.2) is 0 Å². The van der Waals surface area contributed by atoms with Gasteiger partial charge in [0, 0.05) is 13.0 Å². The summed E-state index contributed by atoms with van der Waals surface area (Å²) in [5.74, 6) is -0.171. The number of rotatable bonds is 3. The molecule has 4 heteroatoms. The first-order chi connectivity index (χ1) is 6.29. The second-order valence-electron chi connectivity index (χ2n) is 3.13. The van der Waals surface area contributed by atoms with Crippen molar-refractivity contribution in [3.8, 4) is 6.07 Å². The molecule has 0 spiro atoms. The van der Waals surface area contributed by atoms with E-state index in [1.54, 1.807) is 0 Å². The molecule has 1 aliphatic rings. The van der Waals surface area contributed by atoms with Crippen LogP contribution in [-0.4, -0.2) is 37.1 Å². The zero-order valence-electron chi connectivity index (χ0n) is 7.82. The van der Waals surface area contributed by atoms with E-state index in [9.17, 15) is 4.79 Å². The number of esters is 1. The van der Waals surface area contributed by atoms with Gasteiger partial charge in [-0.3, -0.25) is 9.69 Å². The summed E-state index contributed by atoms with van der Waals surface area (Å²) < 4.78 is 4.68. The van der Waals surface area contributed by atoms with E-state index >= 15 is 0 Å². The molecular weight excluding hydrogens is 168 g/mol. The summed E-state index contributed by atoms with van der Waals surface area (Å²) in [6.07, 6.45) is 2.36. The van der Waals surface area contributed by atoms with Crippen LogP contribution in [0.25, 0.3) is 0 Å². The lowest BCUT2D eigenvalue weighted by Crippen LogP contribution is -2.37. The van der Waals surface area contributed by atoms with E-state index in [0.29, 0.717) is 13.0 Å². The van der Waals surface area contributed by atoms with Crippen molar-refractivity contribution in [3.05, 3.63) is 0 Å². The number of carbonyl (C=O) groups is 1. The first-order valence-corrected chi connectivity index (χ1v) is 4.48. The minimum absolute atomic E-state index is 0.113. The highest BCUT2D eigenvalue weighted by atomic mass is 16.5. The Bertz CT molecular complexity index is 222. The van der Waals surface area contributed by atoms with Gasteiger partial charge in [-0.05, 0) is 19.4 Å². The molecule has 1 rings (SSSR count). The molecule has 1 aliphatic heterocycles. The summed E-state index contributed by atoms with van der Waals surface area (Å²) in [5.41, 5.74) is 0. The normalized spacial score (nSPS) is 22.6. The van der Waals surface area contributed by atoms with Gasteiger partial charge in [0.1, 0.15) is 6.04 Å². The monoisotopic (exact) mass is 182 g/mol. The Labute approximate surface area is 78.1 Å². The number of nitriles is 1. The van der Waals surface area contributed by atoms with Gasteiger partial charge in [-0.1, -0.05) is 0 Å². The maximum atomic E-state index is 11.2. The molecule has 0 aliphatic carbocycles. The van der Waals surface area contributed by atoms with Crippen molar-refractivity contribution in [2.75, 3.05) is 20.2 Å². The van der Waals surface area contributed by atoms with Crippen molar-refractivity contribution in [2.45, 2.75) is 25.3 Å². The molecule has 0 aromatic heterocycles. The van der Waals surface area contributed by atoms with Gasteiger partial charge in [-0.2, -0.15) is 5.26 Å². The van der Waals surface area contributed by atoms with Crippen LogP contribution in [0.2, 0.25) is 0 Å². The van der Waals surface area contributed by atoms with E-state index in [1.165, 1.54) is 7.11 Å². The van der Waals surface area contributed by atoms with Gasteiger partial charge < -0.3 is 4.74 Å². The highest BCUT2D eigenvalue weighted by molar-refractivity contribution is 5.75. The van der Waals surface area contributed by atoms with Crippen molar-refractivity contribution < 1.29 is 9.53 Å². The van der Waals surface area contributed by atoms with Crippen LogP contribution < -0.4 is 0 Å². The number of ether oxygens (including phenoxy) is 1. The summed E-state index contributed by atoms with van der Waals surface area (Å²) >= 11 is 0. The number of carbonyl (C=O) groups excluding carboxylic acids is 1. The standard InChI is InChI=1S/C9H14N2O2/c1-13-9(12)8-4-2-6-11(8)7-3-5-10/h8H,2-4,6-7H2,1H3/t8-/m0/s1. The Kier molecular flexibility index (Phi) is 3.71. The molecule has 13 heavy (non-hydrogen) atoms. The third kappa shape index (κ3) is 2.43. The Morgan fingerprint density at radius 2 is 2.54 bits per heavy atom. The molecule has 0 saturated carbocycles. The minimum Gasteiger partial charge on any atom is -0.468 e. The highest BCUT2D eigenvalue weighted by Gasteiger charge is 2.30. The first kappa shape index (κ1) is 10.0. The maximum Gasteiger partial charge on any atom is 0.323 e. The van der Waals surface area contributed by atoms with Crippen LogP contribution >= 0.6 is 0 Å². The molecule has 0 unspecified atom stereocenters. The fourth-order valence-corrected chi connectivity index (χ4v) is 1.69. The molecule has 0 bridgehead atoms. The fraction of sp³-hybridized carbons (Fsp3) is 0.778. The van der Waals surface area contributed by atoms with Gasteiger partial charge in [0.05, 0.1) is 13.2 Å². The van der Waals surface area contributed by atoms with Crippen LogP contribution in [-0.2, 0) is 9.53 Å². The lowest BCUT2D eigenvalue weighted by molar-refractivity contribution is -0.145. The van der Waals surface area contributed by atoms with Crippen LogP contribution in [0, 0.1) is 11.3 Å². The Morgan fingerprint density at radius 3 is 3.15 bits per heavy atom. The van der Waals surface area contributed by atoms with Crippen molar-refractivity contribution in [1.82, 2.24) is 4.90 Å². The predicted molar refractivity (Wildman–Crippen MR) is 46.8 cm³/mol. The summed E-state index contributed by atoms with van der Waals surface area (Å²) in [6, 6.07) is 1.97. The number of hydrogen-bond donors (Lipinski definition) is 0. The van der Waals surface area contributed by atoms with Gasteiger partial charge >= 0.3 is 5.97 Å². The van der Waals surface area contributed by atoms with Gasteiger partial charge in [-0.15, -0.1) is 0 Å². The van der Waals surface area contributed by atoms with Crippen molar-refractivity contribution in [3.63, 3.8) is 0 Å². The number of likely N-dealkylation sites (tertiary alicyclic amines) is 1. The van der Waals surface area contributed by atoms with Crippen LogP contribution in [0.5, 0.6) is 0 Å². The van der Waals surface area contributed by atoms with E-state index in [0.717, 1.165) is 19.4 Å². The third-order valence-corrected chi connectivity index (χ3v) is 2.35. The average Bonchev–Trinajstić information content (AvgIpc) is 2.61. The fourth-order valence-electron chi connectivity index (χ4n) is 1.69. The van der Waals surface area contributed by atoms with Gasteiger partial charge in [-0.25, -0.2) is 0 Å². The molecule has 1 fully saturated rings. The number of methoxy groups -OCH3 is 1. The molecule has 72 valence electrons. The minimum atomic E-state index is -0.171. The summed E-state index contributed by atoms with van der Waals surface area (Å²) in [5, 5.41) is 8.42.